The quantitative estimate of drug-likeness (QED) is 0.303. The van der Waals surface area contributed by atoms with Crippen LogP contribution in [0.15, 0.2) is 48.5 Å². The van der Waals surface area contributed by atoms with Crippen molar-refractivity contribution < 1.29 is 14.3 Å². The number of alkyl halides is 1. The van der Waals surface area contributed by atoms with E-state index in [1.807, 2.05) is 12.1 Å². The molecule has 0 saturated heterocycles. The van der Waals surface area contributed by atoms with Gasteiger partial charge in [0.2, 0.25) is 0 Å². The number of ether oxygens (including phenoxy) is 2. The van der Waals surface area contributed by atoms with E-state index in [1.54, 1.807) is 36.4 Å². The number of hydrogen-bond acceptors (Lipinski definition) is 3. The van der Waals surface area contributed by atoms with Crippen LogP contribution in [0.25, 0.3) is 0 Å². The molecule has 2 aromatic carbocycles. The lowest BCUT2D eigenvalue weighted by Gasteiger charge is -2.07. The van der Waals surface area contributed by atoms with Gasteiger partial charge in [0.15, 0.2) is 5.78 Å². The number of halogens is 1. The summed E-state index contributed by atoms with van der Waals surface area (Å²) in [4.78, 5) is 12.4. The van der Waals surface area contributed by atoms with E-state index in [2.05, 4.69) is 21.9 Å². The summed E-state index contributed by atoms with van der Waals surface area (Å²) in [6.07, 6.45) is 6.08. The number of carbonyl (C=O) groups excluding carboxylic acids is 1. The fourth-order valence-corrected chi connectivity index (χ4v) is 2.17. The molecule has 2 aromatic rings. The number of benzene rings is 2. The van der Waals surface area contributed by atoms with Crippen molar-refractivity contribution in [3.63, 3.8) is 0 Å². The molecule has 0 bridgehead atoms. The van der Waals surface area contributed by atoms with Gasteiger partial charge in [0.05, 0.1) is 6.61 Å². The third kappa shape index (κ3) is 5.15. The molecule has 0 aliphatic heterocycles. The number of terminal acetylenes is 1. The molecule has 0 radical (unpaired) electrons. The summed E-state index contributed by atoms with van der Waals surface area (Å²) in [6, 6.07) is 14.1. The van der Waals surface area contributed by atoms with Crippen molar-refractivity contribution in [1.82, 2.24) is 0 Å². The van der Waals surface area contributed by atoms with Gasteiger partial charge in [-0.3, -0.25) is 4.79 Å². The van der Waals surface area contributed by atoms with E-state index in [0.717, 1.165) is 17.5 Å². The van der Waals surface area contributed by atoms with Crippen LogP contribution in [0.1, 0.15) is 22.3 Å². The van der Waals surface area contributed by atoms with E-state index < -0.39 is 0 Å². The van der Waals surface area contributed by atoms with Crippen LogP contribution < -0.4 is 9.47 Å². The maximum absolute atomic E-state index is 12.4. The largest absolute Gasteiger partial charge is 0.494 e. The molecule has 118 valence electrons. The minimum absolute atomic E-state index is 0.0412. The molecule has 0 amide bonds. The first-order valence-electron chi connectivity index (χ1n) is 7.24. The van der Waals surface area contributed by atoms with E-state index >= 15 is 0 Å². The van der Waals surface area contributed by atoms with Gasteiger partial charge in [-0.25, -0.2) is 0 Å². The van der Waals surface area contributed by atoms with E-state index in [1.165, 1.54) is 0 Å². The van der Waals surface area contributed by atoms with Crippen molar-refractivity contribution in [3.05, 3.63) is 59.7 Å². The third-order valence-corrected chi connectivity index (χ3v) is 3.66. The lowest BCUT2D eigenvalue weighted by Crippen LogP contribution is -2.02. The zero-order chi connectivity index (χ0) is 16.5. The summed E-state index contributed by atoms with van der Waals surface area (Å²) < 4.78 is 10.9. The molecule has 4 heteroatoms. The smallest absolute Gasteiger partial charge is 0.193 e. The Balaban J connectivity index is 2.01. The van der Waals surface area contributed by atoms with Gasteiger partial charge in [-0.2, -0.15) is 0 Å². The summed E-state index contributed by atoms with van der Waals surface area (Å²) in [5.41, 5.74) is 1.22. The van der Waals surface area contributed by atoms with Gasteiger partial charge in [0.25, 0.3) is 0 Å². The van der Waals surface area contributed by atoms with Gasteiger partial charge >= 0.3 is 0 Å². The van der Waals surface area contributed by atoms with Crippen LogP contribution >= 0.6 is 15.9 Å². The molecule has 23 heavy (non-hydrogen) atoms. The first-order valence-corrected chi connectivity index (χ1v) is 8.36. The van der Waals surface area contributed by atoms with E-state index in [9.17, 15) is 4.79 Å². The summed E-state index contributed by atoms with van der Waals surface area (Å²) in [5.74, 6) is 3.77. The maximum Gasteiger partial charge on any atom is 0.193 e. The Hall–Kier alpha value is -2.25. The number of carbonyl (C=O) groups is 1. The zero-order valence-electron chi connectivity index (χ0n) is 12.6. The Morgan fingerprint density at radius 2 is 1.48 bits per heavy atom. The Kier molecular flexibility index (Phi) is 6.71. The fraction of sp³-hybridized carbons (Fsp3) is 0.211. The van der Waals surface area contributed by atoms with Crippen LogP contribution in [0, 0.1) is 12.3 Å². The highest BCUT2D eigenvalue weighted by Gasteiger charge is 2.09. The Morgan fingerprint density at radius 3 is 1.96 bits per heavy atom. The number of hydrogen-bond donors (Lipinski definition) is 0. The van der Waals surface area contributed by atoms with Crippen LogP contribution in [0.3, 0.4) is 0 Å². The maximum atomic E-state index is 12.4. The van der Waals surface area contributed by atoms with Crippen molar-refractivity contribution in [1.29, 1.82) is 0 Å². The van der Waals surface area contributed by atoms with Crippen molar-refractivity contribution >= 4 is 21.7 Å². The third-order valence-electron chi connectivity index (χ3n) is 3.10. The summed E-state index contributed by atoms with van der Waals surface area (Å²) in [5, 5.41) is 0.907. The number of rotatable bonds is 8. The Bertz CT molecular complexity index is 669. The lowest BCUT2D eigenvalue weighted by molar-refractivity contribution is 0.103. The van der Waals surface area contributed by atoms with Crippen LogP contribution in [-0.4, -0.2) is 24.3 Å². The second-order valence-electron chi connectivity index (χ2n) is 4.76. The van der Waals surface area contributed by atoms with Gasteiger partial charge in [-0.15, -0.1) is 6.42 Å². The topological polar surface area (TPSA) is 35.5 Å². The second-order valence-corrected chi connectivity index (χ2v) is 5.55. The standard InChI is InChI=1S/C19H17BrO3/c1-2-13-22-17-8-4-15(5-9-17)19(21)16-6-10-18(11-7-16)23-14-3-12-20/h1,4-11H,3,12-14H2. The van der Waals surface area contributed by atoms with Crippen LogP contribution in [-0.2, 0) is 0 Å². The number of ketones is 1. The molecule has 0 atom stereocenters. The second kappa shape index (κ2) is 9.02. The first kappa shape index (κ1) is 17.1. The average Bonchev–Trinajstić information content (AvgIpc) is 2.61. The molecular formula is C19H17BrO3. The predicted octanol–water partition coefficient (Wildman–Crippen LogP) is 4.09. The minimum atomic E-state index is -0.0412. The monoisotopic (exact) mass is 372 g/mol. The van der Waals surface area contributed by atoms with Gasteiger partial charge in [-0.1, -0.05) is 21.9 Å². The molecule has 0 aromatic heterocycles. The van der Waals surface area contributed by atoms with Gasteiger partial charge in [0.1, 0.15) is 18.1 Å². The molecule has 0 unspecified atom stereocenters. The van der Waals surface area contributed by atoms with Crippen LogP contribution in [0.2, 0.25) is 0 Å². The predicted molar refractivity (Wildman–Crippen MR) is 94.6 cm³/mol. The first-order chi connectivity index (χ1) is 11.2. The van der Waals surface area contributed by atoms with Crippen molar-refractivity contribution in [3.8, 4) is 23.8 Å². The van der Waals surface area contributed by atoms with Crippen molar-refractivity contribution in [2.75, 3.05) is 18.5 Å². The summed E-state index contributed by atoms with van der Waals surface area (Å²) in [7, 11) is 0. The Morgan fingerprint density at radius 1 is 0.957 bits per heavy atom. The minimum Gasteiger partial charge on any atom is -0.494 e. The average molecular weight is 373 g/mol. The molecule has 0 aliphatic carbocycles. The SMILES string of the molecule is C#CCOc1ccc(C(=O)c2ccc(OCCCBr)cc2)cc1. The summed E-state index contributed by atoms with van der Waals surface area (Å²) >= 11 is 3.36. The van der Waals surface area contributed by atoms with Gasteiger partial charge in [-0.05, 0) is 55.0 Å². The van der Waals surface area contributed by atoms with Crippen molar-refractivity contribution in [2.45, 2.75) is 6.42 Å². The summed E-state index contributed by atoms with van der Waals surface area (Å²) in [6.45, 7) is 0.863. The highest BCUT2D eigenvalue weighted by atomic mass is 79.9. The highest BCUT2D eigenvalue weighted by Crippen LogP contribution is 2.18. The van der Waals surface area contributed by atoms with E-state index in [-0.39, 0.29) is 12.4 Å². The Labute approximate surface area is 144 Å². The normalized spacial score (nSPS) is 9.91. The molecule has 0 fully saturated rings. The molecule has 0 heterocycles. The molecule has 0 spiro atoms. The molecular weight excluding hydrogens is 356 g/mol. The van der Waals surface area contributed by atoms with Crippen molar-refractivity contribution in [2.24, 2.45) is 0 Å². The van der Waals surface area contributed by atoms with Gasteiger partial charge in [0, 0.05) is 16.5 Å². The molecule has 0 saturated carbocycles. The molecule has 0 aliphatic rings. The zero-order valence-corrected chi connectivity index (χ0v) is 14.2. The lowest BCUT2D eigenvalue weighted by atomic mass is 10.0. The van der Waals surface area contributed by atoms with E-state index in [0.29, 0.717) is 23.5 Å². The molecule has 0 N–H and O–H groups in total. The molecule has 2 rings (SSSR count). The van der Waals surface area contributed by atoms with E-state index in [4.69, 9.17) is 15.9 Å². The molecule has 3 nitrogen and oxygen atoms in total. The van der Waals surface area contributed by atoms with Gasteiger partial charge < -0.3 is 9.47 Å². The highest BCUT2D eigenvalue weighted by molar-refractivity contribution is 9.09. The van der Waals surface area contributed by atoms with Crippen LogP contribution in [0.4, 0.5) is 0 Å². The van der Waals surface area contributed by atoms with Crippen LogP contribution in [0.5, 0.6) is 11.5 Å². The fourth-order valence-electron chi connectivity index (χ4n) is 1.94.